The van der Waals surface area contributed by atoms with Gasteiger partial charge in [0.2, 0.25) is 0 Å². The first-order valence-electron chi connectivity index (χ1n) is 4.15. The maximum absolute atomic E-state index is 11.1. The zero-order valence-corrected chi connectivity index (χ0v) is 7.72. The van der Waals surface area contributed by atoms with Gasteiger partial charge in [-0.05, 0) is 25.2 Å². The smallest absolute Gasteiger partial charge is 0.134 e. The molecule has 1 saturated carbocycles. The number of hydrogen-bond donors (Lipinski definition) is 0. The lowest BCUT2D eigenvalue weighted by Crippen LogP contribution is -1.99. The molecule has 0 heterocycles. The van der Waals surface area contributed by atoms with Crippen LogP contribution in [0.2, 0.25) is 0 Å². The minimum Gasteiger partial charge on any atom is -0.300 e. The molecule has 1 nitrogen and oxygen atoms in total. The molecule has 0 amide bonds. The summed E-state index contributed by atoms with van der Waals surface area (Å²) in [6, 6.07) is 0. The van der Waals surface area contributed by atoms with Crippen LogP contribution in [0.3, 0.4) is 0 Å². The maximum atomic E-state index is 11.1. The van der Waals surface area contributed by atoms with Crippen LogP contribution in [-0.2, 0) is 4.79 Å². The van der Waals surface area contributed by atoms with Crippen molar-refractivity contribution >= 4 is 5.78 Å². The standard InChI is InChI=1S/C10H16O/c1-5-6-8-9(7(2)11)10(8,3)4/h5-6,8-9H,1-4H3. The zero-order chi connectivity index (χ0) is 8.65. The molecular formula is C10H16O. The molecule has 0 aromatic rings. The van der Waals surface area contributed by atoms with Crippen LogP contribution >= 0.6 is 0 Å². The first kappa shape index (κ1) is 8.51. The normalized spacial score (nSPS) is 34.2. The summed E-state index contributed by atoms with van der Waals surface area (Å²) in [6.07, 6.45) is 4.18. The molecule has 1 aliphatic carbocycles. The summed E-state index contributed by atoms with van der Waals surface area (Å²) in [5.74, 6) is 1.10. The molecule has 0 aromatic heterocycles. The zero-order valence-electron chi connectivity index (χ0n) is 7.72. The van der Waals surface area contributed by atoms with E-state index in [1.807, 2.05) is 13.0 Å². The van der Waals surface area contributed by atoms with Gasteiger partial charge in [0.05, 0.1) is 0 Å². The lowest BCUT2D eigenvalue weighted by Gasteiger charge is -1.96. The van der Waals surface area contributed by atoms with Gasteiger partial charge in [-0.3, -0.25) is 4.79 Å². The van der Waals surface area contributed by atoms with Crippen LogP contribution < -0.4 is 0 Å². The molecule has 0 spiro atoms. The summed E-state index contributed by atoms with van der Waals surface area (Å²) >= 11 is 0. The Morgan fingerprint density at radius 2 is 2.00 bits per heavy atom. The quantitative estimate of drug-likeness (QED) is 0.555. The molecule has 0 aromatic carbocycles. The van der Waals surface area contributed by atoms with Crippen LogP contribution in [0.4, 0.5) is 0 Å². The number of Topliss-reactive ketones (excluding diaryl/α,β-unsaturated/α-hetero) is 1. The fraction of sp³-hybridized carbons (Fsp3) is 0.700. The summed E-state index contributed by atoms with van der Waals surface area (Å²) in [5, 5.41) is 0. The topological polar surface area (TPSA) is 17.1 Å². The summed E-state index contributed by atoms with van der Waals surface area (Å²) < 4.78 is 0. The van der Waals surface area contributed by atoms with Crippen molar-refractivity contribution < 1.29 is 4.79 Å². The molecule has 1 heteroatoms. The fourth-order valence-electron chi connectivity index (χ4n) is 2.02. The van der Waals surface area contributed by atoms with Crippen molar-refractivity contribution in [2.75, 3.05) is 0 Å². The van der Waals surface area contributed by atoms with E-state index >= 15 is 0 Å². The van der Waals surface area contributed by atoms with E-state index in [1.165, 1.54) is 0 Å². The Kier molecular flexibility index (Phi) is 1.91. The second-order valence-electron chi connectivity index (χ2n) is 3.96. The van der Waals surface area contributed by atoms with Crippen molar-refractivity contribution in [3.05, 3.63) is 12.2 Å². The van der Waals surface area contributed by atoms with Crippen molar-refractivity contribution in [3.8, 4) is 0 Å². The highest BCUT2D eigenvalue weighted by atomic mass is 16.1. The number of carbonyl (C=O) groups is 1. The largest absolute Gasteiger partial charge is 0.300 e. The van der Waals surface area contributed by atoms with Crippen LogP contribution in [0.5, 0.6) is 0 Å². The maximum Gasteiger partial charge on any atom is 0.134 e. The van der Waals surface area contributed by atoms with Gasteiger partial charge >= 0.3 is 0 Å². The Labute approximate surface area is 68.5 Å². The third kappa shape index (κ3) is 1.24. The Morgan fingerprint density at radius 1 is 1.45 bits per heavy atom. The number of rotatable bonds is 2. The first-order chi connectivity index (χ1) is 5.01. The molecule has 0 saturated heterocycles. The lowest BCUT2D eigenvalue weighted by molar-refractivity contribution is -0.118. The monoisotopic (exact) mass is 152 g/mol. The van der Waals surface area contributed by atoms with Crippen LogP contribution in [-0.4, -0.2) is 5.78 Å². The molecule has 1 aliphatic rings. The molecule has 11 heavy (non-hydrogen) atoms. The van der Waals surface area contributed by atoms with Gasteiger partial charge in [-0.1, -0.05) is 26.0 Å². The Hall–Kier alpha value is -0.590. The molecule has 62 valence electrons. The molecular weight excluding hydrogens is 136 g/mol. The minimum absolute atomic E-state index is 0.221. The van der Waals surface area contributed by atoms with E-state index in [2.05, 4.69) is 19.9 Å². The summed E-state index contributed by atoms with van der Waals surface area (Å²) in [7, 11) is 0. The number of allylic oxidation sites excluding steroid dienone is 2. The van der Waals surface area contributed by atoms with Gasteiger partial charge < -0.3 is 0 Å². The average Bonchev–Trinajstić information content (AvgIpc) is 2.35. The van der Waals surface area contributed by atoms with Gasteiger partial charge in [0, 0.05) is 5.92 Å². The second kappa shape index (κ2) is 2.47. The average molecular weight is 152 g/mol. The molecule has 2 atom stereocenters. The third-order valence-corrected chi connectivity index (χ3v) is 2.75. The van der Waals surface area contributed by atoms with Crippen molar-refractivity contribution in [1.82, 2.24) is 0 Å². The van der Waals surface area contributed by atoms with Crippen LogP contribution in [0.25, 0.3) is 0 Å². The fourth-order valence-corrected chi connectivity index (χ4v) is 2.02. The molecule has 1 fully saturated rings. The Balaban J connectivity index is 2.68. The van der Waals surface area contributed by atoms with Gasteiger partial charge in [0.25, 0.3) is 0 Å². The predicted molar refractivity (Wildman–Crippen MR) is 46.3 cm³/mol. The molecule has 1 rings (SSSR count). The molecule has 0 N–H and O–H groups in total. The van der Waals surface area contributed by atoms with E-state index in [9.17, 15) is 4.79 Å². The summed E-state index contributed by atoms with van der Waals surface area (Å²) in [6.45, 7) is 8.01. The molecule has 2 unspecified atom stereocenters. The van der Waals surface area contributed by atoms with Crippen molar-refractivity contribution in [2.45, 2.75) is 27.7 Å². The Morgan fingerprint density at radius 3 is 2.27 bits per heavy atom. The van der Waals surface area contributed by atoms with Crippen molar-refractivity contribution in [1.29, 1.82) is 0 Å². The number of carbonyl (C=O) groups excluding carboxylic acids is 1. The van der Waals surface area contributed by atoms with Gasteiger partial charge in [0.1, 0.15) is 5.78 Å². The van der Waals surface area contributed by atoms with Crippen molar-refractivity contribution in [2.24, 2.45) is 17.3 Å². The SMILES string of the molecule is CC=CC1C(C(C)=O)C1(C)C. The summed E-state index contributed by atoms with van der Waals surface area (Å²) in [5.41, 5.74) is 0.221. The number of hydrogen-bond acceptors (Lipinski definition) is 1. The van der Waals surface area contributed by atoms with E-state index in [4.69, 9.17) is 0 Å². The van der Waals surface area contributed by atoms with Crippen LogP contribution in [0, 0.1) is 17.3 Å². The van der Waals surface area contributed by atoms with Crippen LogP contribution in [0.15, 0.2) is 12.2 Å². The molecule has 0 bridgehead atoms. The van der Waals surface area contributed by atoms with E-state index in [-0.39, 0.29) is 11.3 Å². The van der Waals surface area contributed by atoms with E-state index in [0.717, 1.165) is 0 Å². The second-order valence-corrected chi connectivity index (χ2v) is 3.96. The van der Waals surface area contributed by atoms with E-state index < -0.39 is 0 Å². The Bertz CT molecular complexity index is 201. The first-order valence-corrected chi connectivity index (χ1v) is 4.15. The lowest BCUT2D eigenvalue weighted by atomic mass is 10.1. The number of ketones is 1. The predicted octanol–water partition coefficient (Wildman–Crippen LogP) is 2.42. The minimum atomic E-state index is 0.221. The van der Waals surface area contributed by atoms with Crippen LogP contribution in [0.1, 0.15) is 27.7 Å². The van der Waals surface area contributed by atoms with Crippen molar-refractivity contribution in [3.63, 3.8) is 0 Å². The molecule has 0 radical (unpaired) electrons. The van der Waals surface area contributed by atoms with E-state index in [1.54, 1.807) is 6.92 Å². The summed E-state index contributed by atoms with van der Waals surface area (Å²) in [4.78, 5) is 11.1. The van der Waals surface area contributed by atoms with Gasteiger partial charge in [-0.15, -0.1) is 0 Å². The highest BCUT2D eigenvalue weighted by Gasteiger charge is 2.58. The van der Waals surface area contributed by atoms with Gasteiger partial charge in [-0.25, -0.2) is 0 Å². The van der Waals surface area contributed by atoms with Gasteiger partial charge in [0.15, 0.2) is 0 Å². The third-order valence-electron chi connectivity index (χ3n) is 2.75. The molecule has 0 aliphatic heterocycles. The van der Waals surface area contributed by atoms with Gasteiger partial charge in [-0.2, -0.15) is 0 Å². The van der Waals surface area contributed by atoms with E-state index in [0.29, 0.717) is 11.7 Å². The highest BCUT2D eigenvalue weighted by Crippen LogP contribution is 2.59. The highest BCUT2D eigenvalue weighted by molar-refractivity contribution is 5.83.